The van der Waals surface area contributed by atoms with Crippen LogP contribution in [0.2, 0.25) is 0 Å². The van der Waals surface area contributed by atoms with Crippen LogP contribution in [0.5, 0.6) is 0 Å². The van der Waals surface area contributed by atoms with E-state index in [9.17, 15) is 14.4 Å². The highest BCUT2D eigenvalue weighted by Crippen LogP contribution is 2.24. The van der Waals surface area contributed by atoms with E-state index in [-0.39, 0.29) is 17.9 Å². The van der Waals surface area contributed by atoms with Crippen LogP contribution < -0.4 is 5.32 Å². The third-order valence-corrected chi connectivity index (χ3v) is 4.70. The van der Waals surface area contributed by atoms with Crippen molar-refractivity contribution in [3.05, 3.63) is 29.3 Å². The molecule has 0 spiro atoms. The Hall–Kier alpha value is -2.57. The van der Waals surface area contributed by atoms with Gasteiger partial charge in [0.05, 0.1) is 13.5 Å². The zero-order valence-corrected chi connectivity index (χ0v) is 14.4. The van der Waals surface area contributed by atoms with Crippen molar-refractivity contribution in [3.63, 3.8) is 0 Å². The molecule has 0 aromatic heterocycles. The van der Waals surface area contributed by atoms with Crippen molar-refractivity contribution in [2.75, 3.05) is 38.6 Å². The molecule has 0 saturated carbocycles. The van der Waals surface area contributed by atoms with Gasteiger partial charge in [-0.15, -0.1) is 0 Å². The van der Waals surface area contributed by atoms with E-state index >= 15 is 0 Å². The minimum absolute atomic E-state index is 0.0380. The fourth-order valence-electron chi connectivity index (χ4n) is 3.31. The maximum atomic E-state index is 12.6. The Morgan fingerprint density at radius 1 is 1.12 bits per heavy atom. The number of rotatable bonds is 2. The molecule has 2 aliphatic heterocycles. The lowest BCUT2D eigenvalue weighted by Gasteiger charge is -2.22. The standard InChI is InChI=1S/C18H23N3O4/c1-25-18(24)21-8-2-7-20(9-10-21)17(23)12-13-3-5-15-14(11-13)4-6-16(22)19-15/h3,5,11H,2,4,6-10,12H2,1H3,(H,19,22). The normalized spacial score (nSPS) is 17.4. The molecule has 1 saturated heterocycles. The van der Waals surface area contributed by atoms with Gasteiger partial charge in [0, 0.05) is 38.3 Å². The zero-order valence-electron chi connectivity index (χ0n) is 14.4. The number of ether oxygens (including phenoxy) is 1. The monoisotopic (exact) mass is 345 g/mol. The molecule has 134 valence electrons. The number of hydrogen-bond acceptors (Lipinski definition) is 4. The molecule has 0 radical (unpaired) electrons. The SMILES string of the molecule is COC(=O)N1CCCN(C(=O)Cc2ccc3c(c2)CCC(=O)N3)CC1. The Morgan fingerprint density at radius 3 is 2.68 bits per heavy atom. The highest BCUT2D eigenvalue weighted by atomic mass is 16.5. The van der Waals surface area contributed by atoms with Gasteiger partial charge in [0.2, 0.25) is 11.8 Å². The van der Waals surface area contributed by atoms with Gasteiger partial charge in [-0.1, -0.05) is 12.1 Å². The number of aryl methyl sites for hydroxylation is 1. The summed E-state index contributed by atoms with van der Waals surface area (Å²) in [6.07, 6.45) is 1.93. The molecule has 25 heavy (non-hydrogen) atoms. The quantitative estimate of drug-likeness (QED) is 0.879. The van der Waals surface area contributed by atoms with Crippen LogP contribution >= 0.6 is 0 Å². The Kier molecular flexibility index (Phi) is 5.21. The van der Waals surface area contributed by atoms with Crippen LogP contribution in [-0.4, -0.2) is 61.0 Å². The Labute approximate surface area is 146 Å². The molecule has 3 amide bonds. The summed E-state index contributed by atoms with van der Waals surface area (Å²) in [5.41, 5.74) is 2.88. The van der Waals surface area contributed by atoms with E-state index in [2.05, 4.69) is 5.32 Å². The number of fused-ring (bicyclic) bond motifs is 1. The number of methoxy groups -OCH3 is 1. The first-order valence-electron chi connectivity index (χ1n) is 8.59. The van der Waals surface area contributed by atoms with Crippen molar-refractivity contribution < 1.29 is 19.1 Å². The van der Waals surface area contributed by atoms with E-state index < -0.39 is 0 Å². The van der Waals surface area contributed by atoms with Gasteiger partial charge in [-0.05, 0) is 30.0 Å². The number of amides is 3. The van der Waals surface area contributed by atoms with Gasteiger partial charge in [-0.3, -0.25) is 9.59 Å². The van der Waals surface area contributed by atoms with Crippen LogP contribution in [0.4, 0.5) is 10.5 Å². The smallest absolute Gasteiger partial charge is 0.409 e. The van der Waals surface area contributed by atoms with Crippen molar-refractivity contribution in [1.29, 1.82) is 0 Å². The molecule has 0 atom stereocenters. The zero-order chi connectivity index (χ0) is 17.8. The second-order valence-corrected chi connectivity index (χ2v) is 6.41. The van der Waals surface area contributed by atoms with Crippen molar-refractivity contribution >= 4 is 23.6 Å². The summed E-state index contributed by atoms with van der Waals surface area (Å²) < 4.78 is 4.75. The van der Waals surface area contributed by atoms with Gasteiger partial charge >= 0.3 is 6.09 Å². The van der Waals surface area contributed by atoms with Gasteiger partial charge < -0.3 is 19.9 Å². The molecule has 3 rings (SSSR count). The number of carbonyl (C=O) groups is 3. The van der Waals surface area contributed by atoms with Gasteiger partial charge in [-0.2, -0.15) is 0 Å². The molecule has 1 fully saturated rings. The lowest BCUT2D eigenvalue weighted by molar-refractivity contribution is -0.130. The van der Waals surface area contributed by atoms with Crippen molar-refractivity contribution in [2.45, 2.75) is 25.7 Å². The van der Waals surface area contributed by atoms with Crippen molar-refractivity contribution in [3.8, 4) is 0 Å². The number of carbonyl (C=O) groups excluding carboxylic acids is 3. The van der Waals surface area contributed by atoms with Crippen LogP contribution in [0.1, 0.15) is 24.0 Å². The Morgan fingerprint density at radius 2 is 1.88 bits per heavy atom. The van der Waals surface area contributed by atoms with E-state index in [0.29, 0.717) is 45.4 Å². The summed E-state index contributed by atoms with van der Waals surface area (Å²) in [5, 5.41) is 2.85. The van der Waals surface area contributed by atoms with E-state index in [1.54, 1.807) is 4.90 Å². The summed E-state index contributed by atoms with van der Waals surface area (Å²) in [6, 6.07) is 5.77. The highest BCUT2D eigenvalue weighted by molar-refractivity contribution is 5.94. The number of anilines is 1. The molecule has 1 N–H and O–H groups in total. The topological polar surface area (TPSA) is 79.0 Å². The van der Waals surface area contributed by atoms with Gasteiger partial charge in [0.1, 0.15) is 0 Å². The first kappa shape index (κ1) is 17.3. The minimum Gasteiger partial charge on any atom is -0.453 e. The number of hydrogen-bond donors (Lipinski definition) is 1. The summed E-state index contributed by atoms with van der Waals surface area (Å²) in [6.45, 7) is 2.27. The lowest BCUT2D eigenvalue weighted by Crippen LogP contribution is -2.37. The molecule has 1 aromatic carbocycles. The van der Waals surface area contributed by atoms with Crippen LogP contribution in [0.25, 0.3) is 0 Å². The molecule has 0 aliphatic carbocycles. The van der Waals surface area contributed by atoms with Crippen molar-refractivity contribution in [1.82, 2.24) is 9.80 Å². The van der Waals surface area contributed by atoms with E-state index in [1.807, 2.05) is 23.1 Å². The summed E-state index contributed by atoms with van der Waals surface area (Å²) in [7, 11) is 1.37. The van der Waals surface area contributed by atoms with Crippen LogP contribution in [0.15, 0.2) is 18.2 Å². The fourth-order valence-corrected chi connectivity index (χ4v) is 3.31. The summed E-state index contributed by atoms with van der Waals surface area (Å²) in [4.78, 5) is 39.1. The van der Waals surface area contributed by atoms with Crippen LogP contribution in [0, 0.1) is 0 Å². The predicted octanol–water partition coefficient (Wildman–Crippen LogP) is 1.41. The van der Waals surface area contributed by atoms with Gasteiger partial charge in [-0.25, -0.2) is 4.79 Å². The number of nitrogens with zero attached hydrogens (tertiary/aromatic N) is 2. The first-order chi connectivity index (χ1) is 12.1. The largest absolute Gasteiger partial charge is 0.453 e. The number of benzene rings is 1. The predicted molar refractivity (Wildman–Crippen MR) is 92.3 cm³/mol. The molecule has 7 heteroatoms. The lowest BCUT2D eigenvalue weighted by atomic mass is 9.99. The summed E-state index contributed by atoms with van der Waals surface area (Å²) in [5.74, 6) is 0.0996. The number of nitrogens with one attached hydrogen (secondary N) is 1. The van der Waals surface area contributed by atoms with Gasteiger partial charge in [0.25, 0.3) is 0 Å². The average Bonchev–Trinajstić information content (AvgIpc) is 2.87. The maximum Gasteiger partial charge on any atom is 0.409 e. The van der Waals surface area contributed by atoms with Crippen LogP contribution in [0.3, 0.4) is 0 Å². The summed E-state index contributed by atoms with van der Waals surface area (Å²) >= 11 is 0. The third kappa shape index (κ3) is 4.10. The molecular weight excluding hydrogens is 322 g/mol. The van der Waals surface area contributed by atoms with E-state index in [1.165, 1.54) is 7.11 Å². The molecule has 1 aromatic rings. The second kappa shape index (κ2) is 7.55. The maximum absolute atomic E-state index is 12.6. The van der Waals surface area contributed by atoms with Crippen molar-refractivity contribution in [2.24, 2.45) is 0 Å². The molecule has 2 heterocycles. The van der Waals surface area contributed by atoms with E-state index in [0.717, 1.165) is 23.2 Å². The first-order valence-corrected chi connectivity index (χ1v) is 8.59. The highest BCUT2D eigenvalue weighted by Gasteiger charge is 2.23. The molecule has 2 aliphatic rings. The minimum atomic E-state index is -0.342. The molecule has 0 bridgehead atoms. The fraction of sp³-hybridized carbons (Fsp3) is 0.500. The molecule has 7 nitrogen and oxygen atoms in total. The Balaban J connectivity index is 1.60. The average molecular weight is 345 g/mol. The second-order valence-electron chi connectivity index (χ2n) is 6.41. The van der Waals surface area contributed by atoms with Gasteiger partial charge in [0.15, 0.2) is 0 Å². The van der Waals surface area contributed by atoms with Crippen LogP contribution in [-0.2, 0) is 27.2 Å². The van der Waals surface area contributed by atoms with E-state index in [4.69, 9.17) is 4.74 Å². The third-order valence-electron chi connectivity index (χ3n) is 4.70. The molecule has 0 unspecified atom stereocenters. The Bertz CT molecular complexity index is 689. The molecular formula is C18H23N3O4.